The number of hydrogen-bond acceptors (Lipinski definition) is 2. The summed E-state index contributed by atoms with van der Waals surface area (Å²) in [6.45, 7) is 6.27. The van der Waals surface area contributed by atoms with Crippen molar-refractivity contribution in [1.29, 1.82) is 0 Å². The molecule has 2 aromatic rings. The molecule has 2 rings (SSSR count). The highest BCUT2D eigenvalue weighted by molar-refractivity contribution is 5.63. The highest BCUT2D eigenvalue weighted by Crippen LogP contribution is 2.20. The summed E-state index contributed by atoms with van der Waals surface area (Å²) in [5.74, 6) is 0. The molecule has 0 saturated heterocycles. The van der Waals surface area contributed by atoms with Crippen LogP contribution >= 0.6 is 0 Å². The molecule has 2 nitrogen and oxygen atoms in total. The predicted octanol–water partition coefficient (Wildman–Crippen LogP) is 3.51. The van der Waals surface area contributed by atoms with Crippen LogP contribution in [0.2, 0.25) is 0 Å². The summed E-state index contributed by atoms with van der Waals surface area (Å²) in [7, 11) is 2.12. The summed E-state index contributed by atoms with van der Waals surface area (Å²) < 4.78 is 0. The molecular formula is C16H20N2. The monoisotopic (exact) mass is 240 g/mol. The SMILES string of the molecule is CCN(C)Cc1cncc(-c2ccc(C)cc2)c1. The van der Waals surface area contributed by atoms with Gasteiger partial charge in [-0.1, -0.05) is 36.8 Å². The van der Waals surface area contributed by atoms with Crippen LogP contribution in [-0.4, -0.2) is 23.5 Å². The van der Waals surface area contributed by atoms with Crippen molar-refractivity contribution in [3.05, 3.63) is 53.9 Å². The van der Waals surface area contributed by atoms with E-state index in [9.17, 15) is 0 Å². The maximum Gasteiger partial charge on any atom is 0.0346 e. The van der Waals surface area contributed by atoms with E-state index in [-0.39, 0.29) is 0 Å². The van der Waals surface area contributed by atoms with E-state index < -0.39 is 0 Å². The smallest absolute Gasteiger partial charge is 0.0346 e. The van der Waals surface area contributed by atoms with E-state index in [1.54, 1.807) is 0 Å². The Morgan fingerprint density at radius 3 is 2.44 bits per heavy atom. The third-order valence-corrected chi connectivity index (χ3v) is 3.17. The minimum atomic E-state index is 0.948. The zero-order valence-electron chi connectivity index (χ0n) is 11.4. The van der Waals surface area contributed by atoms with Gasteiger partial charge in [-0.05, 0) is 37.7 Å². The van der Waals surface area contributed by atoms with E-state index in [0.717, 1.165) is 13.1 Å². The molecule has 0 amide bonds. The van der Waals surface area contributed by atoms with Gasteiger partial charge in [0, 0.05) is 24.5 Å². The summed E-state index contributed by atoms with van der Waals surface area (Å²) in [6.07, 6.45) is 3.88. The number of nitrogens with zero attached hydrogens (tertiary/aromatic N) is 2. The second kappa shape index (κ2) is 5.78. The maximum absolute atomic E-state index is 4.34. The van der Waals surface area contributed by atoms with E-state index in [4.69, 9.17) is 0 Å². The van der Waals surface area contributed by atoms with Gasteiger partial charge in [0.2, 0.25) is 0 Å². The van der Waals surface area contributed by atoms with Crippen LogP contribution in [0.25, 0.3) is 11.1 Å². The van der Waals surface area contributed by atoms with E-state index in [0.29, 0.717) is 0 Å². The summed E-state index contributed by atoms with van der Waals surface area (Å²) >= 11 is 0. The van der Waals surface area contributed by atoms with Gasteiger partial charge in [-0.3, -0.25) is 4.98 Å². The molecule has 0 aliphatic heterocycles. The van der Waals surface area contributed by atoms with Crippen molar-refractivity contribution in [2.24, 2.45) is 0 Å². The van der Waals surface area contributed by atoms with Crippen LogP contribution in [0, 0.1) is 6.92 Å². The standard InChI is InChI=1S/C16H20N2/c1-4-18(3)12-14-9-16(11-17-10-14)15-7-5-13(2)6-8-15/h5-11H,4,12H2,1-3H3. The Morgan fingerprint density at radius 2 is 1.78 bits per heavy atom. The Labute approximate surface area is 109 Å². The van der Waals surface area contributed by atoms with Crippen LogP contribution in [-0.2, 0) is 6.54 Å². The third kappa shape index (κ3) is 3.17. The van der Waals surface area contributed by atoms with Crippen LogP contribution in [0.5, 0.6) is 0 Å². The topological polar surface area (TPSA) is 16.1 Å². The molecule has 0 aliphatic carbocycles. The lowest BCUT2D eigenvalue weighted by Gasteiger charge is -2.14. The molecule has 18 heavy (non-hydrogen) atoms. The minimum absolute atomic E-state index is 0.948. The van der Waals surface area contributed by atoms with E-state index >= 15 is 0 Å². The van der Waals surface area contributed by atoms with E-state index in [2.05, 4.69) is 61.1 Å². The average molecular weight is 240 g/mol. The summed E-state index contributed by atoms with van der Waals surface area (Å²) in [4.78, 5) is 6.62. The second-order valence-electron chi connectivity index (χ2n) is 4.78. The van der Waals surface area contributed by atoms with Crippen molar-refractivity contribution in [3.63, 3.8) is 0 Å². The molecule has 0 aliphatic rings. The zero-order valence-corrected chi connectivity index (χ0v) is 11.4. The number of aromatic nitrogens is 1. The summed E-state index contributed by atoms with van der Waals surface area (Å²) in [5, 5.41) is 0. The summed E-state index contributed by atoms with van der Waals surface area (Å²) in [5.41, 5.74) is 4.97. The van der Waals surface area contributed by atoms with Gasteiger partial charge in [0.15, 0.2) is 0 Å². The van der Waals surface area contributed by atoms with Crippen molar-refractivity contribution in [2.75, 3.05) is 13.6 Å². The fourth-order valence-corrected chi connectivity index (χ4v) is 1.90. The van der Waals surface area contributed by atoms with Gasteiger partial charge in [0.1, 0.15) is 0 Å². The lowest BCUT2D eigenvalue weighted by Crippen LogP contribution is -2.16. The molecule has 2 heteroatoms. The Morgan fingerprint density at radius 1 is 1.06 bits per heavy atom. The maximum atomic E-state index is 4.34. The van der Waals surface area contributed by atoms with Crippen molar-refractivity contribution in [2.45, 2.75) is 20.4 Å². The molecule has 0 saturated carbocycles. The average Bonchev–Trinajstić information content (AvgIpc) is 2.40. The molecule has 0 N–H and O–H groups in total. The van der Waals surface area contributed by atoms with Gasteiger partial charge in [0.05, 0.1) is 0 Å². The molecule has 0 fully saturated rings. The Kier molecular flexibility index (Phi) is 4.11. The number of rotatable bonds is 4. The van der Waals surface area contributed by atoms with Crippen LogP contribution in [0.1, 0.15) is 18.1 Å². The second-order valence-corrected chi connectivity index (χ2v) is 4.78. The number of aryl methyl sites for hydroxylation is 1. The molecule has 0 radical (unpaired) electrons. The molecule has 1 heterocycles. The highest BCUT2D eigenvalue weighted by atomic mass is 15.1. The van der Waals surface area contributed by atoms with Crippen LogP contribution < -0.4 is 0 Å². The number of pyridine rings is 1. The third-order valence-electron chi connectivity index (χ3n) is 3.17. The first-order chi connectivity index (χ1) is 8.69. The fourth-order valence-electron chi connectivity index (χ4n) is 1.90. The van der Waals surface area contributed by atoms with Crippen LogP contribution in [0.3, 0.4) is 0 Å². The van der Waals surface area contributed by atoms with Crippen molar-refractivity contribution in [1.82, 2.24) is 9.88 Å². The first-order valence-electron chi connectivity index (χ1n) is 6.38. The lowest BCUT2D eigenvalue weighted by molar-refractivity contribution is 0.345. The van der Waals surface area contributed by atoms with Gasteiger partial charge < -0.3 is 4.90 Å². The van der Waals surface area contributed by atoms with Gasteiger partial charge in [-0.25, -0.2) is 0 Å². The molecule has 1 aromatic heterocycles. The predicted molar refractivity (Wildman–Crippen MR) is 76.4 cm³/mol. The molecule has 0 spiro atoms. The van der Waals surface area contributed by atoms with Gasteiger partial charge >= 0.3 is 0 Å². The molecule has 0 bridgehead atoms. The van der Waals surface area contributed by atoms with E-state index in [1.807, 2.05) is 12.4 Å². The molecule has 0 unspecified atom stereocenters. The highest BCUT2D eigenvalue weighted by Gasteiger charge is 2.02. The first-order valence-corrected chi connectivity index (χ1v) is 6.38. The summed E-state index contributed by atoms with van der Waals surface area (Å²) in [6, 6.07) is 10.8. The van der Waals surface area contributed by atoms with E-state index in [1.165, 1.54) is 22.3 Å². The number of benzene rings is 1. The zero-order chi connectivity index (χ0) is 13.0. The quantitative estimate of drug-likeness (QED) is 0.813. The Hall–Kier alpha value is -1.67. The first kappa shape index (κ1) is 12.8. The minimum Gasteiger partial charge on any atom is -0.302 e. The molecular weight excluding hydrogens is 220 g/mol. The van der Waals surface area contributed by atoms with Gasteiger partial charge in [-0.2, -0.15) is 0 Å². The lowest BCUT2D eigenvalue weighted by atomic mass is 10.0. The van der Waals surface area contributed by atoms with Crippen molar-refractivity contribution in [3.8, 4) is 11.1 Å². The Balaban J connectivity index is 2.24. The van der Waals surface area contributed by atoms with Gasteiger partial charge in [-0.15, -0.1) is 0 Å². The van der Waals surface area contributed by atoms with Gasteiger partial charge in [0.25, 0.3) is 0 Å². The molecule has 94 valence electrons. The normalized spacial score (nSPS) is 10.9. The molecule has 0 atom stereocenters. The molecule has 1 aromatic carbocycles. The fraction of sp³-hybridized carbons (Fsp3) is 0.312. The number of hydrogen-bond donors (Lipinski definition) is 0. The van der Waals surface area contributed by atoms with Crippen molar-refractivity contribution < 1.29 is 0 Å². The van der Waals surface area contributed by atoms with Crippen LogP contribution in [0.15, 0.2) is 42.7 Å². The van der Waals surface area contributed by atoms with Crippen LogP contribution in [0.4, 0.5) is 0 Å². The Bertz CT molecular complexity index is 503. The largest absolute Gasteiger partial charge is 0.302 e. The van der Waals surface area contributed by atoms with Crippen molar-refractivity contribution >= 4 is 0 Å².